The minimum Gasteiger partial charge on any atom is -0.346 e. The molecule has 17 heavy (non-hydrogen) atoms. The summed E-state index contributed by atoms with van der Waals surface area (Å²) in [7, 11) is 0. The maximum absolute atomic E-state index is 13.0. The van der Waals surface area contributed by atoms with Crippen LogP contribution in [0, 0.1) is 11.6 Å². The Balaban J connectivity index is 2.76. The average Bonchev–Trinajstić information content (AvgIpc) is 2.20. The van der Waals surface area contributed by atoms with Gasteiger partial charge in [-0.05, 0) is 38.5 Å². The van der Waals surface area contributed by atoms with Gasteiger partial charge < -0.3 is 5.32 Å². The first-order valence-corrected chi connectivity index (χ1v) is 5.30. The number of rotatable bonds is 3. The van der Waals surface area contributed by atoms with E-state index in [0.717, 1.165) is 17.7 Å². The lowest BCUT2D eigenvalue weighted by Crippen LogP contribution is -2.25. The molecule has 2 nitrogen and oxygen atoms in total. The molecule has 0 spiro atoms. The summed E-state index contributed by atoms with van der Waals surface area (Å²) >= 11 is 0. The number of nitrogens with one attached hydrogen (secondary N) is 1. The predicted octanol–water partition coefficient (Wildman–Crippen LogP) is 3.11. The molecule has 0 bridgehead atoms. The molecule has 4 heteroatoms. The molecule has 1 aromatic carbocycles. The number of carbonyl (C=O) groups is 1. The zero-order valence-electron chi connectivity index (χ0n) is 10.1. The zero-order valence-corrected chi connectivity index (χ0v) is 10.1. The lowest BCUT2D eigenvalue weighted by molar-refractivity contribution is -0.117. The van der Waals surface area contributed by atoms with Crippen molar-refractivity contribution in [3.05, 3.63) is 47.0 Å². The fourth-order valence-electron chi connectivity index (χ4n) is 1.38. The maximum atomic E-state index is 13.0. The van der Waals surface area contributed by atoms with Gasteiger partial charge in [0.15, 0.2) is 11.6 Å². The molecule has 0 saturated carbocycles. The van der Waals surface area contributed by atoms with Crippen LogP contribution < -0.4 is 5.32 Å². The fourth-order valence-corrected chi connectivity index (χ4v) is 1.38. The molecular weight excluding hydrogens is 224 g/mol. The molecule has 92 valence electrons. The van der Waals surface area contributed by atoms with Crippen LogP contribution >= 0.6 is 0 Å². The van der Waals surface area contributed by atoms with Crippen LogP contribution in [0.5, 0.6) is 0 Å². The van der Waals surface area contributed by atoms with Gasteiger partial charge in [0.25, 0.3) is 0 Å². The third-order valence-corrected chi connectivity index (χ3v) is 2.22. The number of carbonyl (C=O) groups excluding carboxylic acids is 1. The molecule has 1 amide bonds. The van der Waals surface area contributed by atoms with Crippen molar-refractivity contribution in [2.45, 2.75) is 26.8 Å². The van der Waals surface area contributed by atoms with E-state index in [1.807, 2.05) is 13.8 Å². The van der Waals surface area contributed by atoms with E-state index < -0.39 is 11.6 Å². The van der Waals surface area contributed by atoms with Gasteiger partial charge in [0.1, 0.15) is 0 Å². The van der Waals surface area contributed by atoms with Crippen LogP contribution in [0.3, 0.4) is 0 Å². The van der Waals surface area contributed by atoms with E-state index in [2.05, 4.69) is 5.32 Å². The molecule has 1 N–H and O–H groups in total. The lowest BCUT2D eigenvalue weighted by Gasteiger charge is -2.13. The van der Waals surface area contributed by atoms with Crippen LogP contribution in [-0.2, 0) is 4.79 Å². The Kier molecular flexibility index (Phi) is 4.37. The molecule has 1 aromatic rings. The molecule has 1 atom stereocenters. The molecule has 0 aliphatic rings. The Morgan fingerprint density at radius 1 is 1.29 bits per heavy atom. The summed E-state index contributed by atoms with van der Waals surface area (Å²) in [4.78, 5) is 11.4. The minimum absolute atomic E-state index is 0.248. The number of benzene rings is 1. The maximum Gasteiger partial charge on any atom is 0.244 e. The Hall–Kier alpha value is -1.71. The Labute approximate surface area is 99.3 Å². The first-order chi connectivity index (χ1) is 7.90. The normalized spacial score (nSPS) is 11.8. The van der Waals surface area contributed by atoms with E-state index in [1.165, 1.54) is 12.1 Å². The van der Waals surface area contributed by atoms with Gasteiger partial charge >= 0.3 is 0 Å². The number of halogens is 2. The summed E-state index contributed by atoms with van der Waals surface area (Å²) in [5.41, 5.74) is 1.40. The summed E-state index contributed by atoms with van der Waals surface area (Å²) < 4.78 is 25.7. The lowest BCUT2D eigenvalue weighted by atomic mass is 10.1. The van der Waals surface area contributed by atoms with Crippen LogP contribution in [0.4, 0.5) is 8.78 Å². The largest absolute Gasteiger partial charge is 0.346 e. The quantitative estimate of drug-likeness (QED) is 0.807. The van der Waals surface area contributed by atoms with Crippen molar-refractivity contribution in [1.29, 1.82) is 0 Å². The Bertz CT molecular complexity index is 451. The van der Waals surface area contributed by atoms with Crippen molar-refractivity contribution in [2.24, 2.45) is 0 Å². The van der Waals surface area contributed by atoms with Crippen molar-refractivity contribution >= 4 is 5.91 Å². The topological polar surface area (TPSA) is 29.1 Å². The molecular formula is C13H15F2NO. The van der Waals surface area contributed by atoms with Crippen LogP contribution in [0.15, 0.2) is 29.8 Å². The van der Waals surface area contributed by atoms with Gasteiger partial charge in [-0.2, -0.15) is 0 Å². The second-order valence-corrected chi connectivity index (χ2v) is 4.13. The molecule has 0 aliphatic carbocycles. The fraction of sp³-hybridized carbons (Fsp3) is 0.308. The van der Waals surface area contributed by atoms with Gasteiger partial charge in [-0.3, -0.25) is 4.79 Å². The molecule has 0 radical (unpaired) electrons. The van der Waals surface area contributed by atoms with Gasteiger partial charge in [0, 0.05) is 6.08 Å². The highest BCUT2D eigenvalue weighted by molar-refractivity contribution is 5.88. The van der Waals surface area contributed by atoms with Gasteiger partial charge in [-0.15, -0.1) is 0 Å². The van der Waals surface area contributed by atoms with Crippen molar-refractivity contribution in [3.63, 3.8) is 0 Å². The zero-order chi connectivity index (χ0) is 13.0. The standard InChI is InChI=1S/C13H15F2NO/c1-8(2)6-13(17)16-9(3)10-4-5-11(14)12(15)7-10/h4-7,9H,1-3H3,(H,16,17)/t9-/m0/s1. The number of hydrogen-bond acceptors (Lipinski definition) is 1. The molecule has 0 aromatic heterocycles. The number of allylic oxidation sites excluding steroid dienone is 1. The van der Waals surface area contributed by atoms with Gasteiger partial charge in [0.05, 0.1) is 6.04 Å². The second kappa shape index (κ2) is 5.57. The second-order valence-electron chi connectivity index (χ2n) is 4.13. The molecule has 1 rings (SSSR count). The Morgan fingerprint density at radius 3 is 2.47 bits per heavy atom. The first-order valence-electron chi connectivity index (χ1n) is 5.30. The summed E-state index contributed by atoms with van der Waals surface area (Å²) in [5.74, 6) is -2.05. The number of hydrogen-bond donors (Lipinski definition) is 1. The van der Waals surface area contributed by atoms with Crippen LogP contribution in [-0.4, -0.2) is 5.91 Å². The van der Waals surface area contributed by atoms with Gasteiger partial charge in [-0.1, -0.05) is 11.6 Å². The summed E-state index contributed by atoms with van der Waals surface area (Å²) in [6, 6.07) is 3.22. The summed E-state index contributed by atoms with van der Waals surface area (Å²) in [6.45, 7) is 5.33. The molecule has 0 heterocycles. The van der Waals surface area contributed by atoms with Gasteiger partial charge in [-0.25, -0.2) is 8.78 Å². The monoisotopic (exact) mass is 239 g/mol. The van der Waals surface area contributed by atoms with E-state index >= 15 is 0 Å². The number of amides is 1. The minimum atomic E-state index is -0.911. The van der Waals surface area contributed by atoms with Crippen molar-refractivity contribution in [1.82, 2.24) is 5.32 Å². The third kappa shape index (κ3) is 3.98. The van der Waals surface area contributed by atoms with Crippen molar-refractivity contribution in [2.75, 3.05) is 0 Å². The van der Waals surface area contributed by atoms with E-state index in [9.17, 15) is 13.6 Å². The first kappa shape index (κ1) is 13.4. The van der Waals surface area contributed by atoms with E-state index in [0.29, 0.717) is 5.56 Å². The van der Waals surface area contributed by atoms with E-state index in [-0.39, 0.29) is 11.9 Å². The molecule has 0 fully saturated rings. The highest BCUT2D eigenvalue weighted by Crippen LogP contribution is 2.15. The van der Waals surface area contributed by atoms with E-state index in [4.69, 9.17) is 0 Å². The highest BCUT2D eigenvalue weighted by Gasteiger charge is 2.10. The third-order valence-electron chi connectivity index (χ3n) is 2.22. The molecule has 0 unspecified atom stereocenters. The summed E-state index contributed by atoms with van der Waals surface area (Å²) in [5, 5.41) is 2.67. The van der Waals surface area contributed by atoms with Gasteiger partial charge in [0.2, 0.25) is 5.91 Å². The average molecular weight is 239 g/mol. The molecule has 0 aliphatic heterocycles. The molecule has 0 saturated heterocycles. The SMILES string of the molecule is CC(C)=CC(=O)N[C@@H](C)c1ccc(F)c(F)c1. The summed E-state index contributed by atoms with van der Waals surface area (Å²) in [6.07, 6.45) is 1.45. The predicted molar refractivity (Wildman–Crippen MR) is 62.3 cm³/mol. The van der Waals surface area contributed by atoms with Crippen LogP contribution in [0.25, 0.3) is 0 Å². The van der Waals surface area contributed by atoms with Crippen LogP contribution in [0.2, 0.25) is 0 Å². The van der Waals surface area contributed by atoms with E-state index in [1.54, 1.807) is 6.92 Å². The van der Waals surface area contributed by atoms with Crippen molar-refractivity contribution < 1.29 is 13.6 Å². The highest BCUT2D eigenvalue weighted by atomic mass is 19.2. The smallest absolute Gasteiger partial charge is 0.244 e. The Morgan fingerprint density at radius 2 is 1.94 bits per heavy atom. The van der Waals surface area contributed by atoms with Crippen molar-refractivity contribution in [3.8, 4) is 0 Å². The van der Waals surface area contributed by atoms with Crippen LogP contribution in [0.1, 0.15) is 32.4 Å².